The van der Waals surface area contributed by atoms with E-state index in [0.29, 0.717) is 19.6 Å². The molecule has 2 rings (SSSR count). The molecule has 1 heterocycles. The summed E-state index contributed by atoms with van der Waals surface area (Å²) in [7, 11) is 0. The monoisotopic (exact) mass is 275 g/mol. The third kappa shape index (κ3) is 3.54. The summed E-state index contributed by atoms with van der Waals surface area (Å²) < 4.78 is 16.5. The predicted octanol–water partition coefficient (Wildman–Crippen LogP) is 3.32. The van der Waals surface area contributed by atoms with E-state index in [2.05, 4.69) is 0 Å². The Morgan fingerprint density at radius 2 is 1.85 bits per heavy atom. The number of ether oxygens (including phenoxy) is 2. The van der Waals surface area contributed by atoms with Gasteiger partial charge >= 0.3 is 0 Å². The lowest BCUT2D eigenvalue weighted by molar-refractivity contribution is 0.287. The van der Waals surface area contributed by atoms with Crippen LogP contribution in [0.5, 0.6) is 11.5 Å². The van der Waals surface area contributed by atoms with Crippen LogP contribution in [0.1, 0.15) is 31.2 Å². The lowest BCUT2D eigenvalue weighted by Crippen LogP contribution is -2.13. The maximum atomic E-state index is 6.22. The van der Waals surface area contributed by atoms with Crippen molar-refractivity contribution in [3.8, 4) is 11.5 Å². The first-order valence-electron chi connectivity index (χ1n) is 6.92. The first kappa shape index (κ1) is 14.5. The Kier molecular flexibility index (Phi) is 5.07. The SMILES string of the molecule is CCOc1ccc(C(N)Cc2ccco2)cc1OCC. The summed E-state index contributed by atoms with van der Waals surface area (Å²) in [6, 6.07) is 9.50. The van der Waals surface area contributed by atoms with Gasteiger partial charge in [-0.05, 0) is 43.7 Å². The Bertz CT molecular complexity index is 523. The highest BCUT2D eigenvalue weighted by molar-refractivity contribution is 5.44. The molecule has 0 spiro atoms. The van der Waals surface area contributed by atoms with Crippen molar-refractivity contribution in [2.45, 2.75) is 26.3 Å². The van der Waals surface area contributed by atoms with Crippen molar-refractivity contribution in [1.82, 2.24) is 0 Å². The zero-order chi connectivity index (χ0) is 14.4. The van der Waals surface area contributed by atoms with Gasteiger partial charge in [-0.15, -0.1) is 0 Å². The van der Waals surface area contributed by atoms with Crippen LogP contribution in [0.25, 0.3) is 0 Å². The fraction of sp³-hybridized carbons (Fsp3) is 0.375. The van der Waals surface area contributed by atoms with Gasteiger partial charge < -0.3 is 19.6 Å². The van der Waals surface area contributed by atoms with Crippen LogP contribution >= 0.6 is 0 Å². The van der Waals surface area contributed by atoms with Gasteiger partial charge in [0.1, 0.15) is 5.76 Å². The fourth-order valence-corrected chi connectivity index (χ4v) is 2.06. The fourth-order valence-electron chi connectivity index (χ4n) is 2.06. The molecule has 0 aliphatic carbocycles. The number of benzene rings is 1. The molecule has 0 fully saturated rings. The summed E-state index contributed by atoms with van der Waals surface area (Å²) in [6.45, 7) is 5.10. The lowest BCUT2D eigenvalue weighted by atomic mass is 10.0. The highest BCUT2D eigenvalue weighted by atomic mass is 16.5. The van der Waals surface area contributed by atoms with Crippen molar-refractivity contribution in [3.05, 3.63) is 47.9 Å². The Balaban J connectivity index is 2.16. The first-order chi connectivity index (χ1) is 9.74. The molecule has 0 bridgehead atoms. The molecule has 1 atom stereocenters. The molecule has 0 saturated carbocycles. The van der Waals surface area contributed by atoms with Crippen molar-refractivity contribution in [3.63, 3.8) is 0 Å². The van der Waals surface area contributed by atoms with Crippen molar-refractivity contribution in [2.24, 2.45) is 5.73 Å². The maximum Gasteiger partial charge on any atom is 0.161 e. The van der Waals surface area contributed by atoms with E-state index in [4.69, 9.17) is 19.6 Å². The Labute approximate surface area is 119 Å². The molecule has 1 unspecified atom stereocenters. The van der Waals surface area contributed by atoms with Gasteiger partial charge in [0, 0.05) is 12.5 Å². The third-order valence-electron chi connectivity index (χ3n) is 3.00. The summed E-state index contributed by atoms with van der Waals surface area (Å²) in [5, 5.41) is 0. The van der Waals surface area contributed by atoms with Gasteiger partial charge in [0.2, 0.25) is 0 Å². The van der Waals surface area contributed by atoms with E-state index in [9.17, 15) is 0 Å². The van der Waals surface area contributed by atoms with Crippen LogP contribution in [-0.2, 0) is 6.42 Å². The molecule has 0 aliphatic rings. The lowest BCUT2D eigenvalue weighted by Gasteiger charge is -2.15. The van der Waals surface area contributed by atoms with Gasteiger partial charge in [-0.1, -0.05) is 6.07 Å². The predicted molar refractivity (Wildman–Crippen MR) is 78.1 cm³/mol. The maximum absolute atomic E-state index is 6.22. The average molecular weight is 275 g/mol. The van der Waals surface area contributed by atoms with Crippen molar-refractivity contribution < 1.29 is 13.9 Å². The molecule has 1 aromatic carbocycles. The van der Waals surface area contributed by atoms with Crippen molar-refractivity contribution in [1.29, 1.82) is 0 Å². The molecule has 2 N–H and O–H groups in total. The number of nitrogens with two attached hydrogens (primary N) is 1. The molecular formula is C16H21NO3. The first-order valence-corrected chi connectivity index (χ1v) is 6.92. The Morgan fingerprint density at radius 3 is 2.50 bits per heavy atom. The van der Waals surface area contributed by atoms with Crippen LogP contribution in [0, 0.1) is 0 Å². The van der Waals surface area contributed by atoms with Crippen LogP contribution in [-0.4, -0.2) is 13.2 Å². The molecule has 0 amide bonds. The molecular weight excluding hydrogens is 254 g/mol. The zero-order valence-corrected chi connectivity index (χ0v) is 12.0. The van der Waals surface area contributed by atoms with Crippen LogP contribution in [0.4, 0.5) is 0 Å². The highest BCUT2D eigenvalue weighted by Gasteiger charge is 2.13. The molecule has 108 valence electrons. The third-order valence-corrected chi connectivity index (χ3v) is 3.00. The minimum Gasteiger partial charge on any atom is -0.490 e. The largest absolute Gasteiger partial charge is 0.490 e. The molecule has 0 aliphatic heterocycles. The van der Waals surface area contributed by atoms with Crippen LogP contribution in [0.2, 0.25) is 0 Å². The minimum absolute atomic E-state index is 0.129. The second-order valence-corrected chi connectivity index (χ2v) is 4.46. The van der Waals surface area contributed by atoms with Crippen LogP contribution in [0.3, 0.4) is 0 Å². The standard InChI is InChI=1S/C16H21NO3/c1-3-18-15-8-7-12(10-16(15)19-4-2)14(17)11-13-6-5-9-20-13/h5-10,14H,3-4,11,17H2,1-2H3. The van der Waals surface area contributed by atoms with E-state index in [0.717, 1.165) is 22.8 Å². The Morgan fingerprint density at radius 1 is 1.10 bits per heavy atom. The van der Waals surface area contributed by atoms with E-state index in [1.807, 2.05) is 44.2 Å². The normalized spacial score (nSPS) is 12.2. The van der Waals surface area contributed by atoms with E-state index in [1.165, 1.54) is 0 Å². The summed E-state index contributed by atoms with van der Waals surface area (Å²) in [6.07, 6.45) is 2.32. The number of furan rings is 1. The van der Waals surface area contributed by atoms with Gasteiger partial charge in [0.05, 0.1) is 19.5 Å². The van der Waals surface area contributed by atoms with Crippen LogP contribution < -0.4 is 15.2 Å². The molecule has 0 radical (unpaired) electrons. The average Bonchev–Trinajstić information content (AvgIpc) is 2.94. The van der Waals surface area contributed by atoms with E-state index in [1.54, 1.807) is 6.26 Å². The molecule has 4 nitrogen and oxygen atoms in total. The van der Waals surface area contributed by atoms with E-state index < -0.39 is 0 Å². The van der Waals surface area contributed by atoms with Gasteiger partial charge in [0.25, 0.3) is 0 Å². The number of rotatable bonds is 7. The van der Waals surface area contributed by atoms with Crippen molar-refractivity contribution >= 4 is 0 Å². The highest BCUT2D eigenvalue weighted by Crippen LogP contribution is 2.31. The van der Waals surface area contributed by atoms with E-state index in [-0.39, 0.29) is 6.04 Å². The number of hydrogen-bond acceptors (Lipinski definition) is 4. The second kappa shape index (κ2) is 7.01. The molecule has 4 heteroatoms. The summed E-state index contributed by atoms with van der Waals surface area (Å²) in [5.74, 6) is 2.37. The van der Waals surface area contributed by atoms with E-state index >= 15 is 0 Å². The summed E-state index contributed by atoms with van der Waals surface area (Å²) >= 11 is 0. The summed E-state index contributed by atoms with van der Waals surface area (Å²) in [4.78, 5) is 0. The van der Waals surface area contributed by atoms with Crippen LogP contribution in [0.15, 0.2) is 41.0 Å². The van der Waals surface area contributed by atoms with Gasteiger partial charge in [-0.25, -0.2) is 0 Å². The summed E-state index contributed by atoms with van der Waals surface area (Å²) in [5.41, 5.74) is 7.23. The molecule has 2 aromatic rings. The molecule has 1 aromatic heterocycles. The number of hydrogen-bond donors (Lipinski definition) is 1. The van der Waals surface area contributed by atoms with Gasteiger partial charge in [0.15, 0.2) is 11.5 Å². The minimum atomic E-state index is -0.129. The van der Waals surface area contributed by atoms with Gasteiger partial charge in [-0.2, -0.15) is 0 Å². The quantitative estimate of drug-likeness (QED) is 0.842. The topological polar surface area (TPSA) is 57.6 Å². The second-order valence-electron chi connectivity index (χ2n) is 4.46. The smallest absolute Gasteiger partial charge is 0.161 e. The van der Waals surface area contributed by atoms with Gasteiger partial charge in [-0.3, -0.25) is 0 Å². The molecule has 20 heavy (non-hydrogen) atoms. The van der Waals surface area contributed by atoms with Crippen molar-refractivity contribution in [2.75, 3.05) is 13.2 Å². The molecule has 0 saturated heterocycles. The zero-order valence-electron chi connectivity index (χ0n) is 12.0. The Hall–Kier alpha value is -1.94.